The summed E-state index contributed by atoms with van der Waals surface area (Å²) in [6, 6.07) is 4.81. The Labute approximate surface area is 96.2 Å². The van der Waals surface area contributed by atoms with Crippen LogP contribution in [0.4, 0.5) is 5.69 Å². The molecule has 0 bridgehead atoms. The minimum absolute atomic E-state index is 0.448. The number of aromatic amines is 1. The van der Waals surface area contributed by atoms with E-state index in [1.54, 1.807) is 0 Å². The van der Waals surface area contributed by atoms with Crippen LogP contribution in [0.2, 0.25) is 0 Å². The number of nitrogens with zero attached hydrogens (tertiary/aromatic N) is 1. The Morgan fingerprint density at radius 2 is 1.94 bits per heavy atom. The predicted octanol–water partition coefficient (Wildman–Crippen LogP) is 3.51. The van der Waals surface area contributed by atoms with Gasteiger partial charge in [0.15, 0.2) is 0 Å². The van der Waals surface area contributed by atoms with Crippen LogP contribution in [0, 0.1) is 0 Å². The van der Waals surface area contributed by atoms with Gasteiger partial charge in [-0.25, -0.2) is 0 Å². The van der Waals surface area contributed by atoms with Crippen LogP contribution in [0.25, 0.3) is 10.9 Å². The van der Waals surface area contributed by atoms with Gasteiger partial charge >= 0.3 is 0 Å². The van der Waals surface area contributed by atoms with Gasteiger partial charge in [0.05, 0.1) is 11.7 Å². The lowest BCUT2D eigenvalue weighted by molar-refractivity contribution is 0.866. The molecule has 0 spiro atoms. The number of anilines is 1. The first kappa shape index (κ1) is 11.0. The molecule has 0 aliphatic carbocycles. The number of benzene rings is 1. The zero-order chi connectivity index (χ0) is 11.7. The first-order chi connectivity index (χ1) is 7.58. The molecule has 0 aliphatic heterocycles. The molecule has 1 aromatic carbocycles. The number of hydrogen-bond donors (Lipinski definition) is 2. The topological polar surface area (TPSA) is 40.7 Å². The highest BCUT2D eigenvalue weighted by atomic mass is 15.1. The summed E-state index contributed by atoms with van der Waals surface area (Å²) in [6.45, 7) is 8.70. The van der Waals surface area contributed by atoms with Crippen molar-refractivity contribution in [3.05, 3.63) is 23.9 Å². The summed E-state index contributed by atoms with van der Waals surface area (Å²) in [5.74, 6) is 0.497. The lowest BCUT2D eigenvalue weighted by Crippen LogP contribution is -2.10. The second kappa shape index (κ2) is 4.16. The van der Waals surface area contributed by atoms with E-state index in [4.69, 9.17) is 0 Å². The Morgan fingerprint density at radius 3 is 2.56 bits per heavy atom. The van der Waals surface area contributed by atoms with E-state index in [1.807, 2.05) is 6.20 Å². The third kappa shape index (κ3) is 2.03. The van der Waals surface area contributed by atoms with Crippen LogP contribution in [-0.2, 0) is 0 Å². The highest BCUT2D eigenvalue weighted by Gasteiger charge is 2.09. The van der Waals surface area contributed by atoms with Gasteiger partial charge in [0, 0.05) is 17.1 Å². The third-order valence-corrected chi connectivity index (χ3v) is 2.66. The van der Waals surface area contributed by atoms with Crippen molar-refractivity contribution < 1.29 is 0 Å². The monoisotopic (exact) mass is 217 g/mol. The van der Waals surface area contributed by atoms with E-state index in [1.165, 1.54) is 16.6 Å². The zero-order valence-corrected chi connectivity index (χ0v) is 10.3. The van der Waals surface area contributed by atoms with Crippen LogP contribution < -0.4 is 5.32 Å². The van der Waals surface area contributed by atoms with Crippen molar-refractivity contribution in [2.24, 2.45) is 0 Å². The maximum Gasteiger partial charge on any atom is 0.0686 e. The van der Waals surface area contributed by atoms with E-state index >= 15 is 0 Å². The number of hydrogen-bond acceptors (Lipinski definition) is 2. The minimum atomic E-state index is 0.448. The van der Waals surface area contributed by atoms with E-state index in [9.17, 15) is 0 Å². The second-order valence-electron chi connectivity index (χ2n) is 4.85. The minimum Gasteiger partial charge on any atom is -0.383 e. The van der Waals surface area contributed by atoms with Gasteiger partial charge in [0.1, 0.15) is 0 Å². The van der Waals surface area contributed by atoms with E-state index in [0.717, 1.165) is 5.52 Å². The summed E-state index contributed by atoms with van der Waals surface area (Å²) in [7, 11) is 0. The molecule has 16 heavy (non-hydrogen) atoms. The molecular formula is C13H19N3. The number of aromatic nitrogens is 2. The van der Waals surface area contributed by atoms with Crippen LogP contribution in [0.5, 0.6) is 0 Å². The molecule has 2 aromatic rings. The molecule has 0 radical (unpaired) electrons. The Bertz CT molecular complexity index is 483. The normalized spacial score (nSPS) is 11.6. The van der Waals surface area contributed by atoms with Crippen molar-refractivity contribution in [2.45, 2.75) is 39.7 Å². The van der Waals surface area contributed by atoms with Gasteiger partial charge in [0.2, 0.25) is 0 Å². The lowest BCUT2D eigenvalue weighted by Gasteiger charge is -2.14. The van der Waals surface area contributed by atoms with Crippen LogP contribution in [0.15, 0.2) is 18.3 Å². The predicted molar refractivity (Wildman–Crippen MR) is 68.9 cm³/mol. The summed E-state index contributed by atoms with van der Waals surface area (Å²) in [4.78, 5) is 0. The van der Waals surface area contributed by atoms with Gasteiger partial charge in [-0.2, -0.15) is 5.10 Å². The largest absolute Gasteiger partial charge is 0.383 e. The van der Waals surface area contributed by atoms with Gasteiger partial charge in [-0.05, 0) is 37.5 Å². The molecule has 3 heteroatoms. The molecule has 3 nitrogen and oxygen atoms in total. The SMILES string of the molecule is CC(C)Nc1cc(C(C)C)c2[nH]ncc2c1. The van der Waals surface area contributed by atoms with Crippen molar-refractivity contribution in [1.29, 1.82) is 0 Å². The smallest absolute Gasteiger partial charge is 0.0686 e. The Kier molecular flexibility index (Phi) is 2.86. The van der Waals surface area contributed by atoms with E-state index in [-0.39, 0.29) is 0 Å². The van der Waals surface area contributed by atoms with Crippen molar-refractivity contribution in [3.63, 3.8) is 0 Å². The molecule has 0 unspecified atom stereocenters. The maximum atomic E-state index is 4.11. The van der Waals surface area contributed by atoms with Gasteiger partial charge in [0.25, 0.3) is 0 Å². The number of nitrogens with one attached hydrogen (secondary N) is 2. The summed E-state index contributed by atoms with van der Waals surface area (Å²) in [5, 5.41) is 11.8. The quantitative estimate of drug-likeness (QED) is 0.826. The second-order valence-corrected chi connectivity index (χ2v) is 4.85. The average molecular weight is 217 g/mol. The fourth-order valence-electron chi connectivity index (χ4n) is 1.96. The maximum absolute atomic E-state index is 4.11. The lowest BCUT2D eigenvalue weighted by atomic mass is 9.99. The molecule has 0 amide bonds. The highest BCUT2D eigenvalue weighted by molar-refractivity contribution is 5.85. The molecule has 0 saturated heterocycles. The molecule has 86 valence electrons. The van der Waals surface area contributed by atoms with E-state index < -0.39 is 0 Å². The van der Waals surface area contributed by atoms with Crippen molar-refractivity contribution in [2.75, 3.05) is 5.32 Å². The molecule has 0 fully saturated rings. The Hall–Kier alpha value is -1.51. The van der Waals surface area contributed by atoms with Gasteiger partial charge < -0.3 is 5.32 Å². The molecule has 0 saturated carbocycles. The van der Waals surface area contributed by atoms with Gasteiger partial charge in [-0.15, -0.1) is 0 Å². The molecular weight excluding hydrogens is 198 g/mol. The first-order valence-corrected chi connectivity index (χ1v) is 5.81. The Balaban J connectivity index is 2.53. The van der Waals surface area contributed by atoms with Crippen LogP contribution in [-0.4, -0.2) is 16.2 Å². The van der Waals surface area contributed by atoms with Crippen molar-refractivity contribution >= 4 is 16.6 Å². The summed E-state index contributed by atoms with van der Waals surface area (Å²) >= 11 is 0. The fourth-order valence-corrected chi connectivity index (χ4v) is 1.96. The molecule has 2 rings (SSSR count). The molecule has 1 heterocycles. The van der Waals surface area contributed by atoms with Gasteiger partial charge in [-0.1, -0.05) is 13.8 Å². The number of H-pyrrole nitrogens is 1. The van der Waals surface area contributed by atoms with E-state index in [2.05, 4.69) is 55.3 Å². The Morgan fingerprint density at radius 1 is 1.19 bits per heavy atom. The number of fused-ring (bicyclic) bond motifs is 1. The summed E-state index contributed by atoms with van der Waals surface area (Å²) in [5.41, 5.74) is 3.65. The third-order valence-electron chi connectivity index (χ3n) is 2.66. The summed E-state index contributed by atoms with van der Waals surface area (Å²) < 4.78 is 0. The highest BCUT2D eigenvalue weighted by Crippen LogP contribution is 2.27. The zero-order valence-electron chi connectivity index (χ0n) is 10.3. The number of rotatable bonds is 3. The molecule has 0 aliphatic rings. The standard InChI is InChI=1S/C13H19N3/c1-8(2)12-6-11(15-9(3)4)5-10-7-14-16-13(10)12/h5-9,15H,1-4H3,(H,14,16). The molecule has 1 aromatic heterocycles. The van der Waals surface area contributed by atoms with Crippen LogP contribution >= 0.6 is 0 Å². The molecule has 2 N–H and O–H groups in total. The van der Waals surface area contributed by atoms with Crippen LogP contribution in [0.3, 0.4) is 0 Å². The first-order valence-electron chi connectivity index (χ1n) is 5.81. The van der Waals surface area contributed by atoms with Crippen molar-refractivity contribution in [3.8, 4) is 0 Å². The molecule has 0 atom stereocenters. The fraction of sp³-hybridized carbons (Fsp3) is 0.462. The van der Waals surface area contributed by atoms with Crippen LogP contribution in [0.1, 0.15) is 39.2 Å². The average Bonchev–Trinajstić information content (AvgIpc) is 2.62. The van der Waals surface area contributed by atoms with Crippen molar-refractivity contribution in [1.82, 2.24) is 10.2 Å². The van der Waals surface area contributed by atoms with Gasteiger partial charge in [-0.3, -0.25) is 5.10 Å². The summed E-state index contributed by atoms with van der Waals surface area (Å²) in [6.07, 6.45) is 1.88. The van der Waals surface area contributed by atoms with E-state index in [0.29, 0.717) is 12.0 Å².